The van der Waals surface area contributed by atoms with Gasteiger partial charge in [0.05, 0.1) is 6.54 Å². The molecule has 86 valence electrons. The van der Waals surface area contributed by atoms with Crippen molar-refractivity contribution >= 4 is 0 Å². The number of nitrogens with one attached hydrogen (secondary N) is 1. The smallest absolute Gasteiger partial charge is 0.203 e. The highest BCUT2D eigenvalue weighted by Gasteiger charge is 2.35. The Morgan fingerprint density at radius 1 is 1.50 bits per heavy atom. The van der Waals surface area contributed by atoms with Crippen LogP contribution in [0.3, 0.4) is 0 Å². The average Bonchev–Trinajstić information content (AvgIpc) is 2.70. The van der Waals surface area contributed by atoms with Gasteiger partial charge in [-0.05, 0) is 37.8 Å². The van der Waals surface area contributed by atoms with Crippen molar-refractivity contribution in [3.8, 4) is 6.07 Å². The van der Waals surface area contributed by atoms with Crippen LogP contribution in [-0.4, -0.2) is 17.3 Å². The van der Waals surface area contributed by atoms with Crippen LogP contribution in [-0.2, 0) is 6.54 Å². The molecule has 1 heterocycles. The van der Waals surface area contributed by atoms with Gasteiger partial charge in [-0.3, -0.25) is 0 Å². The molecule has 2 N–H and O–H groups in total. The molecule has 0 aromatic carbocycles. The number of nitriles is 1. The summed E-state index contributed by atoms with van der Waals surface area (Å²) in [4.78, 5) is 0. The van der Waals surface area contributed by atoms with Crippen LogP contribution in [0.25, 0.3) is 0 Å². The second-order valence-corrected chi connectivity index (χ2v) is 4.34. The van der Waals surface area contributed by atoms with Crippen LogP contribution in [0.15, 0.2) is 16.5 Å². The summed E-state index contributed by atoms with van der Waals surface area (Å²) in [5.41, 5.74) is 0.0916. The molecule has 1 aliphatic carbocycles. The number of hydrogen-bond acceptors (Lipinski definition) is 4. The molecule has 1 saturated carbocycles. The first kappa shape index (κ1) is 11.2. The summed E-state index contributed by atoms with van der Waals surface area (Å²) in [6, 6.07) is 5.46. The van der Waals surface area contributed by atoms with Gasteiger partial charge in [-0.15, -0.1) is 0 Å². The van der Waals surface area contributed by atoms with E-state index >= 15 is 0 Å². The third-order valence-electron chi connectivity index (χ3n) is 3.31. The molecule has 0 amide bonds. The van der Waals surface area contributed by atoms with Crippen LogP contribution in [0, 0.1) is 11.3 Å². The van der Waals surface area contributed by atoms with Crippen molar-refractivity contribution in [1.82, 2.24) is 5.32 Å². The number of furan rings is 1. The van der Waals surface area contributed by atoms with Crippen LogP contribution < -0.4 is 5.32 Å². The number of aliphatic hydroxyl groups excluding tert-OH is 1. The monoisotopic (exact) mass is 220 g/mol. The molecular formula is C12H16N2O2. The summed E-state index contributed by atoms with van der Waals surface area (Å²) in [6.45, 7) is 0.844. The maximum absolute atomic E-state index is 9.00. The zero-order valence-electron chi connectivity index (χ0n) is 9.20. The molecule has 1 fully saturated rings. The van der Waals surface area contributed by atoms with E-state index in [9.17, 15) is 0 Å². The lowest BCUT2D eigenvalue weighted by Crippen LogP contribution is -2.51. The van der Waals surface area contributed by atoms with Gasteiger partial charge in [0, 0.05) is 12.1 Å². The molecule has 4 heteroatoms. The van der Waals surface area contributed by atoms with Crippen LogP contribution >= 0.6 is 0 Å². The van der Waals surface area contributed by atoms with Crippen molar-refractivity contribution in [3.63, 3.8) is 0 Å². The molecule has 2 rings (SSSR count). The van der Waals surface area contributed by atoms with Gasteiger partial charge in [0.2, 0.25) is 5.76 Å². The highest BCUT2D eigenvalue weighted by atomic mass is 16.3. The Morgan fingerprint density at radius 2 is 2.31 bits per heavy atom. The SMILES string of the molecule is N#Cc1ccc(CNC2(CCO)CCC2)o1. The van der Waals surface area contributed by atoms with Gasteiger partial charge in [-0.2, -0.15) is 5.26 Å². The molecule has 0 radical (unpaired) electrons. The summed E-state index contributed by atoms with van der Waals surface area (Å²) in [5, 5.41) is 21.0. The summed E-state index contributed by atoms with van der Waals surface area (Å²) in [7, 11) is 0. The van der Waals surface area contributed by atoms with Gasteiger partial charge in [-0.25, -0.2) is 0 Å². The van der Waals surface area contributed by atoms with E-state index in [1.807, 2.05) is 12.1 Å². The Bertz CT molecular complexity index is 388. The predicted molar refractivity (Wildman–Crippen MR) is 58.5 cm³/mol. The van der Waals surface area contributed by atoms with Crippen molar-refractivity contribution in [1.29, 1.82) is 5.26 Å². The first-order chi connectivity index (χ1) is 7.78. The Labute approximate surface area is 94.9 Å². The summed E-state index contributed by atoms with van der Waals surface area (Å²) >= 11 is 0. The Morgan fingerprint density at radius 3 is 2.81 bits per heavy atom. The van der Waals surface area contributed by atoms with E-state index in [-0.39, 0.29) is 12.1 Å². The Kier molecular flexibility index (Phi) is 3.28. The molecular weight excluding hydrogens is 204 g/mol. The van der Waals surface area contributed by atoms with Gasteiger partial charge >= 0.3 is 0 Å². The predicted octanol–water partition coefficient (Wildman–Crippen LogP) is 1.55. The summed E-state index contributed by atoms with van der Waals surface area (Å²) in [6.07, 6.45) is 4.23. The van der Waals surface area contributed by atoms with Crippen molar-refractivity contribution in [3.05, 3.63) is 23.7 Å². The molecule has 0 saturated heterocycles. The molecule has 0 atom stereocenters. The van der Waals surface area contributed by atoms with Gasteiger partial charge < -0.3 is 14.8 Å². The number of rotatable bonds is 5. The quantitative estimate of drug-likeness (QED) is 0.789. The van der Waals surface area contributed by atoms with E-state index in [0.29, 0.717) is 12.3 Å². The molecule has 0 bridgehead atoms. The lowest BCUT2D eigenvalue weighted by atomic mass is 9.74. The van der Waals surface area contributed by atoms with Crippen LogP contribution in [0.1, 0.15) is 37.2 Å². The van der Waals surface area contributed by atoms with E-state index in [1.165, 1.54) is 6.42 Å². The number of nitrogens with zero attached hydrogens (tertiary/aromatic N) is 1. The fourth-order valence-electron chi connectivity index (χ4n) is 2.14. The highest BCUT2D eigenvalue weighted by Crippen LogP contribution is 2.34. The van der Waals surface area contributed by atoms with Crippen molar-refractivity contribution in [2.24, 2.45) is 0 Å². The molecule has 0 unspecified atom stereocenters. The standard InChI is InChI=1S/C12H16N2O2/c13-8-10-2-3-11(16-10)9-14-12(6-7-15)4-1-5-12/h2-3,14-15H,1,4-7,9H2. The molecule has 16 heavy (non-hydrogen) atoms. The fourth-order valence-corrected chi connectivity index (χ4v) is 2.14. The van der Waals surface area contributed by atoms with Gasteiger partial charge in [0.25, 0.3) is 0 Å². The maximum atomic E-state index is 9.00. The molecule has 4 nitrogen and oxygen atoms in total. The summed E-state index contributed by atoms with van der Waals surface area (Å²) in [5.74, 6) is 1.13. The minimum atomic E-state index is 0.0916. The number of hydrogen-bond donors (Lipinski definition) is 2. The summed E-state index contributed by atoms with van der Waals surface area (Å²) < 4.78 is 5.29. The molecule has 1 aromatic heterocycles. The maximum Gasteiger partial charge on any atom is 0.203 e. The van der Waals surface area contributed by atoms with Crippen molar-refractivity contribution in [2.45, 2.75) is 37.8 Å². The Balaban J connectivity index is 1.88. The Hall–Kier alpha value is -1.31. The zero-order chi connectivity index (χ0) is 11.4. The third-order valence-corrected chi connectivity index (χ3v) is 3.31. The van der Waals surface area contributed by atoms with Crippen molar-refractivity contribution in [2.75, 3.05) is 6.61 Å². The largest absolute Gasteiger partial charge is 0.449 e. The number of aliphatic hydroxyl groups is 1. The van der Waals surface area contributed by atoms with E-state index in [4.69, 9.17) is 14.8 Å². The second-order valence-electron chi connectivity index (χ2n) is 4.34. The minimum Gasteiger partial charge on any atom is -0.449 e. The third kappa shape index (κ3) is 2.26. The van der Waals surface area contributed by atoms with Crippen LogP contribution in [0.5, 0.6) is 0 Å². The first-order valence-electron chi connectivity index (χ1n) is 5.63. The zero-order valence-corrected chi connectivity index (χ0v) is 9.20. The molecule has 1 aromatic rings. The van der Waals surface area contributed by atoms with Crippen molar-refractivity contribution < 1.29 is 9.52 Å². The molecule has 1 aliphatic rings. The molecule has 0 aliphatic heterocycles. The lowest BCUT2D eigenvalue weighted by molar-refractivity contribution is 0.127. The topological polar surface area (TPSA) is 69.2 Å². The van der Waals surface area contributed by atoms with E-state index in [2.05, 4.69) is 5.32 Å². The lowest BCUT2D eigenvalue weighted by Gasteiger charge is -2.42. The molecule has 0 spiro atoms. The van der Waals surface area contributed by atoms with Gasteiger partial charge in [0.15, 0.2) is 0 Å². The highest BCUT2D eigenvalue weighted by molar-refractivity contribution is 5.19. The average molecular weight is 220 g/mol. The second kappa shape index (κ2) is 4.69. The van der Waals surface area contributed by atoms with E-state index < -0.39 is 0 Å². The normalized spacial score (nSPS) is 17.8. The van der Waals surface area contributed by atoms with Gasteiger partial charge in [-0.1, -0.05) is 0 Å². The van der Waals surface area contributed by atoms with E-state index in [1.54, 1.807) is 6.07 Å². The van der Waals surface area contributed by atoms with Gasteiger partial charge in [0.1, 0.15) is 11.8 Å². The van der Waals surface area contributed by atoms with Crippen LogP contribution in [0.2, 0.25) is 0 Å². The first-order valence-corrected chi connectivity index (χ1v) is 5.63. The van der Waals surface area contributed by atoms with Crippen LogP contribution in [0.4, 0.5) is 0 Å². The minimum absolute atomic E-state index is 0.0916. The van der Waals surface area contributed by atoms with E-state index in [0.717, 1.165) is 25.0 Å². The fraction of sp³-hybridized carbons (Fsp3) is 0.583.